The number of nitrogens with zero attached hydrogens (tertiary/aromatic N) is 3. The van der Waals surface area contributed by atoms with E-state index in [9.17, 15) is 9.59 Å². The van der Waals surface area contributed by atoms with Gasteiger partial charge in [0, 0.05) is 30.8 Å². The molecule has 0 spiro atoms. The number of amides is 2. The zero-order chi connectivity index (χ0) is 20.0. The third kappa shape index (κ3) is 3.18. The highest BCUT2D eigenvalue weighted by atomic mass is 16.2. The molecule has 1 unspecified atom stereocenters. The monoisotopic (exact) mass is 388 g/mol. The molecule has 2 aromatic carbocycles. The molecular formula is C23H24N4O2. The van der Waals surface area contributed by atoms with Crippen LogP contribution in [0.15, 0.2) is 42.5 Å². The van der Waals surface area contributed by atoms with Crippen LogP contribution in [0.5, 0.6) is 0 Å². The van der Waals surface area contributed by atoms with E-state index >= 15 is 0 Å². The van der Waals surface area contributed by atoms with Gasteiger partial charge in [-0.05, 0) is 56.5 Å². The van der Waals surface area contributed by atoms with E-state index in [1.165, 1.54) is 0 Å². The van der Waals surface area contributed by atoms with E-state index in [4.69, 9.17) is 0 Å². The first-order valence-corrected chi connectivity index (χ1v) is 10.3. The quantitative estimate of drug-likeness (QED) is 0.749. The molecule has 2 aliphatic heterocycles. The van der Waals surface area contributed by atoms with Crippen LogP contribution in [-0.2, 0) is 17.8 Å². The average Bonchev–Trinajstić information content (AvgIpc) is 3.31. The molecule has 29 heavy (non-hydrogen) atoms. The third-order valence-electron chi connectivity index (χ3n) is 5.96. The Hall–Kier alpha value is -3.15. The van der Waals surface area contributed by atoms with Crippen LogP contribution < -0.4 is 10.2 Å². The smallest absolute Gasteiger partial charge is 0.252 e. The van der Waals surface area contributed by atoms with Gasteiger partial charge in [0.05, 0.1) is 11.0 Å². The molecule has 0 saturated carbocycles. The first-order chi connectivity index (χ1) is 14.1. The van der Waals surface area contributed by atoms with Crippen LogP contribution in [0.1, 0.15) is 41.0 Å². The van der Waals surface area contributed by atoms with Crippen LogP contribution in [0.3, 0.4) is 0 Å². The number of hydrogen-bond donors (Lipinski definition) is 1. The number of anilines is 1. The SMILES string of the molecule is Cc1ccc(N2CCCC(NC(=O)c3ccc4nc5n(c4c3)CCC5)C2=O)cc1. The Morgan fingerprint density at radius 1 is 1.10 bits per heavy atom. The third-order valence-corrected chi connectivity index (χ3v) is 5.96. The van der Waals surface area contributed by atoms with Gasteiger partial charge in [-0.15, -0.1) is 0 Å². The van der Waals surface area contributed by atoms with Crippen molar-refractivity contribution in [3.05, 3.63) is 59.4 Å². The van der Waals surface area contributed by atoms with Crippen molar-refractivity contribution in [3.8, 4) is 0 Å². The number of carbonyl (C=O) groups is 2. The van der Waals surface area contributed by atoms with Gasteiger partial charge in [-0.3, -0.25) is 9.59 Å². The highest BCUT2D eigenvalue weighted by Crippen LogP contribution is 2.25. The minimum atomic E-state index is -0.496. The Morgan fingerprint density at radius 2 is 1.93 bits per heavy atom. The number of rotatable bonds is 3. The molecule has 3 aromatic rings. The Balaban J connectivity index is 1.35. The summed E-state index contributed by atoms with van der Waals surface area (Å²) < 4.78 is 2.19. The van der Waals surface area contributed by atoms with E-state index < -0.39 is 6.04 Å². The molecule has 1 atom stereocenters. The van der Waals surface area contributed by atoms with Gasteiger partial charge < -0.3 is 14.8 Å². The maximum Gasteiger partial charge on any atom is 0.252 e. The molecule has 2 amide bonds. The molecule has 0 radical (unpaired) electrons. The van der Waals surface area contributed by atoms with Crippen LogP contribution in [-0.4, -0.2) is 34.0 Å². The van der Waals surface area contributed by atoms with E-state index in [2.05, 4.69) is 14.9 Å². The number of aromatic nitrogens is 2. The maximum atomic E-state index is 13.0. The van der Waals surface area contributed by atoms with Gasteiger partial charge >= 0.3 is 0 Å². The Bertz CT molecular complexity index is 1100. The van der Waals surface area contributed by atoms with Crippen molar-refractivity contribution in [2.75, 3.05) is 11.4 Å². The summed E-state index contributed by atoms with van der Waals surface area (Å²) in [6.45, 7) is 3.66. The second-order valence-electron chi connectivity index (χ2n) is 7.98. The predicted molar refractivity (Wildman–Crippen MR) is 112 cm³/mol. The molecule has 0 aliphatic carbocycles. The van der Waals surface area contributed by atoms with E-state index in [0.29, 0.717) is 18.5 Å². The van der Waals surface area contributed by atoms with Gasteiger partial charge in [-0.1, -0.05) is 17.7 Å². The lowest BCUT2D eigenvalue weighted by molar-refractivity contribution is -0.121. The van der Waals surface area contributed by atoms with Gasteiger partial charge in [-0.25, -0.2) is 4.98 Å². The van der Waals surface area contributed by atoms with Crippen molar-refractivity contribution < 1.29 is 9.59 Å². The molecule has 1 fully saturated rings. The zero-order valence-electron chi connectivity index (χ0n) is 16.5. The van der Waals surface area contributed by atoms with Crippen LogP contribution >= 0.6 is 0 Å². The summed E-state index contributed by atoms with van der Waals surface area (Å²) in [5.41, 5.74) is 4.55. The molecular weight excluding hydrogens is 364 g/mol. The second kappa shape index (κ2) is 7.03. The molecule has 6 heteroatoms. The number of hydrogen-bond acceptors (Lipinski definition) is 3. The van der Waals surface area contributed by atoms with Crippen LogP contribution in [0.4, 0.5) is 5.69 Å². The molecule has 148 valence electrons. The normalized spacial score (nSPS) is 18.9. The minimum Gasteiger partial charge on any atom is -0.340 e. The fraction of sp³-hybridized carbons (Fsp3) is 0.348. The Labute approximate surface area is 169 Å². The molecule has 2 aliphatic rings. The summed E-state index contributed by atoms with van der Waals surface area (Å²) in [5, 5.41) is 2.96. The van der Waals surface area contributed by atoms with E-state index in [1.54, 1.807) is 11.0 Å². The van der Waals surface area contributed by atoms with Crippen molar-refractivity contribution in [1.29, 1.82) is 0 Å². The molecule has 0 bridgehead atoms. The van der Waals surface area contributed by atoms with Gasteiger partial charge in [0.2, 0.25) is 5.91 Å². The lowest BCUT2D eigenvalue weighted by Crippen LogP contribution is -2.52. The van der Waals surface area contributed by atoms with E-state index in [-0.39, 0.29) is 11.8 Å². The predicted octanol–water partition coefficient (Wildman–Crippen LogP) is 3.22. The van der Waals surface area contributed by atoms with E-state index in [0.717, 1.165) is 53.9 Å². The number of fused-ring (bicyclic) bond motifs is 3. The lowest BCUT2D eigenvalue weighted by atomic mass is 10.0. The summed E-state index contributed by atoms with van der Waals surface area (Å²) >= 11 is 0. The van der Waals surface area contributed by atoms with Crippen molar-refractivity contribution in [2.45, 2.75) is 45.2 Å². The summed E-state index contributed by atoms with van der Waals surface area (Å²) in [6.07, 6.45) is 3.61. The largest absolute Gasteiger partial charge is 0.340 e. The molecule has 5 rings (SSSR count). The first-order valence-electron chi connectivity index (χ1n) is 10.3. The number of carbonyl (C=O) groups excluding carboxylic acids is 2. The van der Waals surface area contributed by atoms with Crippen molar-refractivity contribution >= 4 is 28.5 Å². The number of aryl methyl sites for hydroxylation is 3. The molecule has 1 N–H and O–H groups in total. The Morgan fingerprint density at radius 3 is 2.76 bits per heavy atom. The maximum absolute atomic E-state index is 13.0. The number of piperidine rings is 1. The zero-order valence-corrected chi connectivity index (χ0v) is 16.5. The summed E-state index contributed by atoms with van der Waals surface area (Å²) in [4.78, 5) is 32.3. The highest BCUT2D eigenvalue weighted by Gasteiger charge is 2.31. The number of imidazole rings is 1. The minimum absolute atomic E-state index is 0.0419. The van der Waals surface area contributed by atoms with Gasteiger partial charge in [0.1, 0.15) is 11.9 Å². The fourth-order valence-corrected chi connectivity index (χ4v) is 4.38. The fourth-order valence-electron chi connectivity index (χ4n) is 4.38. The first kappa shape index (κ1) is 17.9. The van der Waals surface area contributed by atoms with Crippen LogP contribution in [0, 0.1) is 6.92 Å². The Kier molecular flexibility index (Phi) is 4.34. The summed E-state index contributed by atoms with van der Waals surface area (Å²) in [5.74, 6) is 0.845. The molecule has 6 nitrogen and oxygen atoms in total. The average molecular weight is 388 g/mol. The summed E-state index contributed by atoms with van der Waals surface area (Å²) in [7, 11) is 0. The topological polar surface area (TPSA) is 67.2 Å². The number of benzene rings is 2. The summed E-state index contributed by atoms with van der Waals surface area (Å²) in [6, 6.07) is 13.0. The van der Waals surface area contributed by atoms with Gasteiger partial charge in [-0.2, -0.15) is 0 Å². The lowest BCUT2D eigenvalue weighted by Gasteiger charge is -2.32. The molecule has 1 aromatic heterocycles. The van der Waals surface area contributed by atoms with Crippen LogP contribution in [0.2, 0.25) is 0 Å². The molecule has 1 saturated heterocycles. The molecule has 3 heterocycles. The second-order valence-corrected chi connectivity index (χ2v) is 7.98. The van der Waals surface area contributed by atoms with Gasteiger partial charge in [0.25, 0.3) is 5.91 Å². The van der Waals surface area contributed by atoms with Crippen LogP contribution in [0.25, 0.3) is 11.0 Å². The van der Waals surface area contributed by atoms with Crippen molar-refractivity contribution in [2.24, 2.45) is 0 Å². The standard InChI is InChI=1S/C23H24N4O2/c1-15-6-9-17(10-7-15)26-12-2-4-19(23(26)29)25-22(28)16-8-11-18-20(14-16)27-13-3-5-21(27)24-18/h6-11,14,19H,2-5,12-13H2,1H3,(H,25,28). The highest BCUT2D eigenvalue weighted by molar-refractivity contribution is 6.03. The number of nitrogens with one attached hydrogen (secondary N) is 1. The van der Waals surface area contributed by atoms with Gasteiger partial charge in [0.15, 0.2) is 0 Å². The van der Waals surface area contributed by atoms with E-state index in [1.807, 2.05) is 43.3 Å². The van der Waals surface area contributed by atoms with Crippen molar-refractivity contribution in [3.63, 3.8) is 0 Å². The van der Waals surface area contributed by atoms with Crippen molar-refractivity contribution in [1.82, 2.24) is 14.9 Å².